The number of hydrogen-bond acceptors (Lipinski definition) is 4. The molecule has 0 aromatic heterocycles. The average Bonchev–Trinajstić information content (AvgIpc) is 2.29. The molecule has 0 heterocycles. The molecule has 16 heavy (non-hydrogen) atoms. The van der Waals surface area contributed by atoms with Crippen LogP contribution in [-0.4, -0.2) is 10.4 Å². The number of aliphatic hydroxyl groups excluding tert-OH is 1. The lowest BCUT2D eigenvalue weighted by atomic mass is 10.1. The van der Waals surface area contributed by atoms with Gasteiger partial charge in [-0.05, 0) is 21.0 Å². The highest BCUT2D eigenvalue weighted by molar-refractivity contribution is 5.83. The molecule has 0 aliphatic rings. The zero-order chi connectivity index (χ0) is 11.5. The summed E-state index contributed by atoms with van der Waals surface area (Å²) in [6.07, 6.45) is 0. The molecule has 0 aliphatic carbocycles. The number of rotatable bonds is 2. The molecule has 0 atom stereocenters. The van der Waals surface area contributed by atoms with Crippen LogP contribution in [0.4, 0.5) is 0 Å². The Labute approximate surface area is 91.1 Å². The molecule has 0 bridgehead atoms. The van der Waals surface area contributed by atoms with E-state index < -0.39 is 5.95 Å². The predicted molar refractivity (Wildman–Crippen MR) is 59.6 cm³/mol. The Balaban J connectivity index is 2.91. The Bertz CT molecular complexity index is 618. The molecule has 2 rings (SSSR count). The van der Waals surface area contributed by atoms with Crippen LogP contribution >= 0.6 is 0 Å². The summed E-state index contributed by atoms with van der Waals surface area (Å²) in [5.41, 5.74) is 0. The molecule has 0 radical (unpaired) electrons. The molecular weight excluding hydrogens is 208 g/mol. The number of aliphatic hydroxyl groups is 1. The highest BCUT2D eigenvalue weighted by atomic mass is 17.5. The molecule has 0 aliphatic heterocycles. The van der Waals surface area contributed by atoms with E-state index in [4.69, 9.17) is 5.26 Å². The zero-order valence-corrected chi connectivity index (χ0v) is 8.38. The van der Waals surface area contributed by atoms with Gasteiger partial charge in [0.25, 0.3) is 0 Å². The summed E-state index contributed by atoms with van der Waals surface area (Å²) in [5, 5.41) is 23.8. The van der Waals surface area contributed by atoms with Crippen LogP contribution in [-0.2, 0) is 9.93 Å². The van der Waals surface area contributed by atoms with E-state index in [0.717, 1.165) is 10.8 Å². The lowest BCUT2D eigenvalue weighted by Crippen LogP contribution is -2.27. The van der Waals surface area contributed by atoms with Gasteiger partial charge < -0.3 is 5.11 Å². The van der Waals surface area contributed by atoms with E-state index in [1.807, 2.05) is 30.3 Å². The second-order valence-corrected chi connectivity index (χ2v) is 3.28. The Morgan fingerprint density at radius 1 is 1.12 bits per heavy atom. The SMILES string of the molecule is C=c1ccc2ccccc2c1=C(O)OOO. The second-order valence-electron chi connectivity index (χ2n) is 3.28. The van der Waals surface area contributed by atoms with E-state index >= 15 is 0 Å². The fourth-order valence-electron chi connectivity index (χ4n) is 1.65. The molecule has 0 amide bonds. The van der Waals surface area contributed by atoms with Gasteiger partial charge in [0.2, 0.25) is 0 Å². The van der Waals surface area contributed by atoms with Crippen molar-refractivity contribution in [2.75, 3.05) is 0 Å². The smallest absolute Gasteiger partial charge is 0.326 e. The molecule has 4 heteroatoms. The van der Waals surface area contributed by atoms with Gasteiger partial charge in [-0.2, -0.15) is 0 Å². The molecular formula is C12H10O4. The fraction of sp³-hybridized carbons (Fsp3) is 0. The van der Waals surface area contributed by atoms with Crippen molar-refractivity contribution in [1.29, 1.82) is 0 Å². The summed E-state index contributed by atoms with van der Waals surface area (Å²) in [6, 6.07) is 11.1. The monoisotopic (exact) mass is 218 g/mol. The third-order valence-corrected chi connectivity index (χ3v) is 2.35. The van der Waals surface area contributed by atoms with Gasteiger partial charge in [-0.15, -0.1) is 0 Å². The largest absolute Gasteiger partial charge is 0.478 e. The van der Waals surface area contributed by atoms with Gasteiger partial charge in [0.1, 0.15) is 0 Å². The standard InChI is InChI=1S/C12H10O4/c1-8-6-7-9-4-2-3-5-10(9)11(8)12(13)15-16-14/h2-7,13-14H,1H2. The van der Waals surface area contributed by atoms with Crippen LogP contribution in [0, 0.1) is 0 Å². The van der Waals surface area contributed by atoms with Crippen LogP contribution in [0.5, 0.6) is 0 Å². The van der Waals surface area contributed by atoms with Crippen LogP contribution in [0.25, 0.3) is 23.3 Å². The van der Waals surface area contributed by atoms with E-state index in [1.165, 1.54) is 0 Å². The molecule has 2 N–H and O–H groups in total. The van der Waals surface area contributed by atoms with Gasteiger partial charge in [-0.1, -0.05) is 43.0 Å². The maximum atomic E-state index is 9.57. The minimum Gasteiger partial charge on any atom is -0.478 e. The lowest BCUT2D eigenvalue weighted by molar-refractivity contribution is -0.465. The predicted octanol–water partition coefficient (Wildman–Crippen LogP) is 1.29. The van der Waals surface area contributed by atoms with Gasteiger partial charge >= 0.3 is 5.95 Å². The first kappa shape index (κ1) is 10.5. The molecule has 0 unspecified atom stereocenters. The summed E-state index contributed by atoms with van der Waals surface area (Å²) in [4.78, 5) is 4.20. The van der Waals surface area contributed by atoms with Crippen molar-refractivity contribution < 1.29 is 20.3 Å². The number of benzene rings is 2. The average molecular weight is 218 g/mol. The van der Waals surface area contributed by atoms with Crippen LogP contribution in [0.1, 0.15) is 0 Å². The van der Waals surface area contributed by atoms with Crippen molar-refractivity contribution in [3.8, 4) is 0 Å². The van der Waals surface area contributed by atoms with E-state index in [2.05, 4.69) is 16.5 Å². The van der Waals surface area contributed by atoms with Crippen molar-refractivity contribution in [2.24, 2.45) is 0 Å². The van der Waals surface area contributed by atoms with Gasteiger partial charge in [-0.25, -0.2) is 5.26 Å². The normalized spacial score (nSPS) is 12.6. The quantitative estimate of drug-likeness (QED) is 0.589. The van der Waals surface area contributed by atoms with Crippen LogP contribution in [0.15, 0.2) is 36.4 Å². The van der Waals surface area contributed by atoms with E-state index in [-0.39, 0.29) is 0 Å². The van der Waals surface area contributed by atoms with Gasteiger partial charge in [-0.3, -0.25) is 4.89 Å². The Morgan fingerprint density at radius 3 is 2.62 bits per heavy atom. The third kappa shape index (κ3) is 1.71. The second kappa shape index (κ2) is 4.22. The summed E-state index contributed by atoms with van der Waals surface area (Å²) in [7, 11) is 0. The molecule has 2 aromatic carbocycles. The third-order valence-electron chi connectivity index (χ3n) is 2.35. The van der Waals surface area contributed by atoms with Crippen molar-refractivity contribution in [2.45, 2.75) is 0 Å². The molecule has 82 valence electrons. The van der Waals surface area contributed by atoms with Gasteiger partial charge in [0.15, 0.2) is 0 Å². The van der Waals surface area contributed by atoms with Crippen molar-refractivity contribution in [1.82, 2.24) is 0 Å². The maximum absolute atomic E-state index is 9.57. The molecule has 4 nitrogen and oxygen atoms in total. The molecule has 2 aromatic rings. The van der Waals surface area contributed by atoms with Crippen molar-refractivity contribution >= 4 is 23.3 Å². The fourth-order valence-corrected chi connectivity index (χ4v) is 1.65. The van der Waals surface area contributed by atoms with Gasteiger partial charge in [0, 0.05) is 0 Å². The van der Waals surface area contributed by atoms with E-state index in [0.29, 0.717) is 10.4 Å². The minimum atomic E-state index is -0.524. The van der Waals surface area contributed by atoms with E-state index in [9.17, 15) is 5.11 Å². The highest BCUT2D eigenvalue weighted by Crippen LogP contribution is 2.07. The van der Waals surface area contributed by atoms with Gasteiger partial charge in [0.05, 0.1) is 5.22 Å². The number of fused-ring (bicyclic) bond motifs is 1. The summed E-state index contributed by atoms with van der Waals surface area (Å²) >= 11 is 0. The maximum Gasteiger partial charge on any atom is 0.326 e. The first-order chi connectivity index (χ1) is 7.74. The van der Waals surface area contributed by atoms with E-state index in [1.54, 1.807) is 6.07 Å². The first-order valence-corrected chi connectivity index (χ1v) is 4.62. The molecule has 0 saturated carbocycles. The minimum absolute atomic E-state index is 0.396. The summed E-state index contributed by atoms with van der Waals surface area (Å²) in [6.45, 7) is 3.78. The Kier molecular flexibility index (Phi) is 2.76. The lowest BCUT2D eigenvalue weighted by Gasteiger charge is -2.01. The zero-order valence-electron chi connectivity index (χ0n) is 8.38. The first-order valence-electron chi connectivity index (χ1n) is 4.62. The highest BCUT2D eigenvalue weighted by Gasteiger charge is 2.03. The number of hydrogen-bond donors (Lipinski definition) is 2. The van der Waals surface area contributed by atoms with Crippen molar-refractivity contribution in [3.05, 3.63) is 46.8 Å². The topological polar surface area (TPSA) is 58.9 Å². The van der Waals surface area contributed by atoms with Crippen LogP contribution in [0.2, 0.25) is 0 Å². The Morgan fingerprint density at radius 2 is 1.88 bits per heavy atom. The molecule has 0 fully saturated rings. The molecule has 0 spiro atoms. The molecule has 0 saturated heterocycles. The van der Waals surface area contributed by atoms with Crippen LogP contribution < -0.4 is 10.4 Å². The van der Waals surface area contributed by atoms with Crippen LogP contribution in [0.3, 0.4) is 0 Å². The Hall–Kier alpha value is -2.04. The summed E-state index contributed by atoms with van der Waals surface area (Å²) in [5.74, 6) is -0.524. The van der Waals surface area contributed by atoms with Crippen molar-refractivity contribution in [3.63, 3.8) is 0 Å². The summed E-state index contributed by atoms with van der Waals surface area (Å²) < 4.78 is 0.